The van der Waals surface area contributed by atoms with Crippen molar-refractivity contribution in [3.63, 3.8) is 0 Å². The number of amides is 1. The van der Waals surface area contributed by atoms with Crippen molar-refractivity contribution in [1.29, 1.82) is 0 Å². The summed E-state index contributed by atoms with van der Waals surface area (Å²) in [5.74, 6) is 0. The minimum absolute atomic E-state index is 0.200. The summed E-state index contributed by atoms with van der Waals surface area (Å²) < 4.78 is 5.21. The quantitative estimate of drug-likeness (QED) is 0.856. The summed E-state index contributed by atoms with van der Waals surface area (Å²) in [6.45, 7) is 5.19. The lowest BCUT2D eigenvalue weighted by Crippen LogP contribution is -2.38. The fraction of sp³-hybridized carbons (Fsp3) is 0.533. The van der Waals surface area contributed by atoms with Crippen molar-refractivity contribution in [2.24, 2.45) is 5.41 Å². The standard InChI is InChI=1S/C15H22N2O2/c1-2-15(8-9-16-11-15)12-17-14(18)19-10-13-6-4-3-5-7-13/h3-7,16H,2,8-12H2,1H3,(H,17,18). The number of carbonyl (C=O) groups excluding carboxylic acids is 1. The number of carbonyl (C=O) groups is 1. The molecule has 1 aliphatic rings. The van der Waals surface area contributed by atoms with E-state index < -0.39 is 0 Å². The molecule has 1 saturated heterocycles. The topological polar surface area (TPSA) is 50.4 Å². The summed E-state index contributed by atoms with van der Waals surface area (Å²) in [4.78, 5) is 11.7. The van der Waals surface area contributed by atoms with E-state index in [1.165, 1.54) is 0 Å². The molecule has 4 heteroatoms. The summed E-state index contributed by atoms with van der Waals surface area (Å²) in [5, 5.41) is 6.24. The maximum Gasteiger partial charge on any atom is 0.407 e. The maximum absolute atomic E-state index is 11.7. The van der Waals surface area contributed by atoms with Crippen LogP contribution in [0.25, 0.3) is 0 Å². The molecule has 1 aromatic rings. The van der Waals surface area contributed by atoms with E-state index in [1.807, 2.05) is 30.3 Å². The summed E-state index contributed by atoms with van der Waals surface area (Å²) in [5.41, 5.74) is 1.21. The Morgan fingerprint density at radius 3 is 2.84 bits per heavy atom. The Bertz CT molecular complexity index is 400. The van der Waals surface area contributed by atoms with Gasteiger partial charge in [-0.15, -0.1) is 0 Å². The van der Waals surface area contributed by atoms with Gasteiger partial charge in [-0.2, -0.15) is 0 Å². The highest BCUT2D eigenvalue weighted by Crippen LogP contribution is 2.28. The molecule has 1 heterocycles. The second-order valence-electron chi connectivity index (χ2n) is 5.20. The average Bonchev–Trinajstić information content (AvgIpc) is 2.93. The minimum Gasteiger partial charge on any atom is -0.445 e. The summed E-state index contributed by atoms with van der Waals surface area (Å²) in [7, 11) is 0. The lowest BCUT2D eigenvalue weighted by molar-refractivity contribution is 0.133. The molecule has 0 aromatic heterocycles. The fourth-order valence-electron chi connectivity index (χ4n) is 2.41. The van der Waals surface area contributed by atoms with Crippen molar-refractivity contribution in [2.75, 3.05) is 19.6 Å². The molecule has 1 fully saturated rings. The molecule has 2 N–H and O–H groups in total. The van der Waals surface area contributed by atoms with E-state index in [9.17, 15) is 4.79 Å². The van der Waals surface area contributed by atoms with Gasteiger partial charge in [0.15, 0.2) is 0 Å². The first-order valence-electron chi connectivity index (χ1n) is 6.89. The Labute approximate surface area is 114 Å². The van der Waals surface area contributed by atoms with Crippen LogP contribution in [0.1, 0.15) is 25.3 Å². The second-order valence-corrected chi connectivity index (χ2v) is 5.20. The van der Waals surface area contributed by atoms with Crippen molar-refractivity contribution >= 4 is 6.09 Å². The van der Waals surface area contributed by atoms with Crippen molar-refractivity contribution < 1.29 is 9.53 Å². The van der Waals surface area contributed by atoms with Crippen LogP contribution in [0, 0.1) is 5.41 Å². The highest BCUT2D eigenvalue weighted by Gasteiger charge is 2.32. The molecule has 1 amide bonds. The molecular weight excluding hydrogens is 240 g/mol. The van der Waals surface area contributed by atoms with Crippen LogP contribution in [0.2, 0.25) is 0 Å². The zero-order valence-corrected chi connectivity index (χ0v) is 11.4. The smallest absolute Gasteiger partial charge is 0.407 e. The van der Waals surface area contributed by atoms with Crippen LogP contribution in [-0.2, 0) is 11.3 Å². The number of benzene rings is 1. The van der Waals surface area contributed by atoms with Crippen molar-refractivity contribution in [3.05, 3.63) is 35.9 Å². The van der Waals surface area contributed by atoms with E-state index in [0.717, 1.165) is 31.5 Å². The Kier molecular flexibility index (Phi) is 4.80. The predicted octanol–water partition coefficient (Wildman–Crippen LogP) is 2.30. The van der Waals surface area contributed by atoms with Crippen LogP contribution in [0.5, 0.6) is 0 Å². The molecule has 1 unspecified atom stereocenters. The molecule has 1 aromatic carbocycles. The van der Waals surface area contributed by atoms with Crippen molar-refractivity contribution in [3.8, 4) is 0 Å². The Morgan fingerprint density at radius 1 is 1.42 bits per heavy atom. The Hall–Kier alpha value is -1.55. The van der Waals surface area contributed by atoms with E-state index in [1.54, 1.807) is 0 Å². The SMILES string of the molecule is CCC1(CNC(=O)OCc2ccccc2)CCNC1. The van der Waals surface area contributed by atoms with E-state index in [-0.39, 0.29) is 11.5 Å². The molecular formula is C15H22N2O2. The zero-order chi connectivity index (χ0) is 13.6. The molecule has 0 saturated carbocycles. The van der Waals surface area contributed by atoms with Gasteiger partial charge in [-0.1, -0.05) is 37.3 Å². The third-order valence-corrected chi connectivity index (χ3v) is 3.90. The molecule has 1 aliphatic heterocycles. The largest absolute Gasteiger partial charge is 0.445 e. The van der Waals surface area contributed by atoms with Crippen LogP contribution >= 0.6 is 0 Å². The molecule has 2 rings (SSSR count). The Balaban J connectivity index is 1.72. The number of hydrogen-bond donors (Lipinski definition) is 2. The van der Waals surface area contributed by atoms with Gasteiger partial charge in [0.2, 0.25) is 0 Å². The summed E-state index contributed by atoms with van der Waals surface area (Å²) in [6, 6.07) is 9.71. The Morgan fingerprint density at radius 2 is 2.21 bits per heavy atom. The van der Waals surface area contributed by atoms with Gasteiger partial charge < -0.3 is 15.4 Å². The summed E-state index contributed by atoms with van der Waals surface area (Å²) >= 11 is 0. The number of hydrogen-bond acceptors (Lipinski definition) is 3. The first-order chi connectivity index (χ1) is 9.24. The molecule has 19 heavy (non-hydrogen) atoms. The molecule has 0 bridgehead atoms. The van der Waals surface area contributed by atoms with E-state index in [4.69, 9.17) is 4.74 Å². The second kappa shape index (κ2) is 6.57. The maximum atomic E-state index is 11.7. The summed E-state index contributed by atoms with van der Waals surface area (Å²) in [6.07, 6.45) is 1.85. The van der Waals surface area contributed by atoms with Crippen molar-refractivity contribution in [2.45, 2.75) is 26.4 Å². The first kappa shape index (κ1) is 13.9. The normalized spacial score (nSPS) is 22.2. The minimum atomic E-state index is -0.330. The van der Waals surface area contributed by atoms with Gasteiger partial charge in [-0.05, 0) is 24.9 Å². The molecule has 104 valence electrons. The van der Waals surface area contributed by atoms with Gasteiger partial charge in [0.25, 0.3) is 0 Å². The average molecular weight is 262 g/mol. The van der Waals surface area contributed by atoms with Gasteiger partial charge in [-0.3, -0.25) is 0 Å². The van der Waals surface area contributed by atoms with E-state index in [0.29, 0.717) is 13.2 Å². The van der Waals surface area contributed by atoms with Crippen LogP contribution in [0.3, 0.4) is 0 Å². The van der Waals surface area contributed by atoms with Gasteiger partial charge in [0.1, 0.15) is 6.61 Å². The van der Waals surface area contributed by atoms with Crippen LogP contribution in [0.4, 0.5) is 4.79 Å². The lowest BCUT2D eigenvalue weighted by atomic mass is 9.84. The molecule has 0 spiro atoms. The monoisotopic (exact) mass is 262 g/mol. The highest BCUT2D eigenvalue weighted by molar-refractivity contribution is 5.67. The van der Waals surface area contributed by atoms with Crippen LogP contribution in [-0.4, -0.2) is 25.7 Å². The van der Waals surface area contributed by atoms with E-state index >= 15 is 0 Å². The third-order valence-electron chi connectivity index (χ3n) is 3.90. The van der Waals surface area contributed by atoms with Crippen molar-refractivity contribution in [1.82, 2.24) is 10.6 Å². The van der Waals surface area contributed by atoms with Gasteiger partial charge in [0, 0.05) is 18.5 Å². The molecule has 0 radical (unpaired) electrons. The lowest BCUT2D eigenvalue weighted by Gasteiger charge is -2.26. The van der Waals surface area contributed by atoms with Gasteiger partial charge in [-0.25, -0.2) is 4.79 Å². The number of alkyl carbamates (subject to hydrolysis) is 1. The van der Waals surface area contributed by atoms with Crippen LogP contribution in [0.15, 0.2) is 30.3 Å². The highest BCUT2D eigenvalue weighted by atomic mass is 16.5. The number of nitrogens with one attached hydrogen (secondary N) is 2. The van der Waals surface area contributed by atoms with Gasteiger partial charge in [0.05, 0.1) is 0 Å². The van der Waals surface area contributed by atoms with Crippen LogP contribution < -0.4 is 10.6 Å². The molecule has 4 nitrogen and oxygen atoms in total. The number of ether oxygens (including phenoxy) is 1. The molecule has 1 atom stereocenters. The number of rotatable bonds is 5. The zero-order valence-electron chi connectivity index (χ0n) is 11.4. The fourth-order valence-corrected chi connectivity index (χ4v) is 2.41. The third kappa shape index (κ3) is 3.96. The predicted molar refractivity (Wildman–Crippen MR) is 74.8 cm³/mol. The first-order valence-corrected chi connectivity index (χ1v) is 6.89. The van der Waals surface area contributed by atoms with E-state index in [2.05, 4.69) is 17.6 Å². The molecule has 0 aliphatic carbocycles. The van der Waals surface area contributed by atoms with Gasteiger partial charge >= 0.3 is 6.09 Å².